The Hall–Kier alpha value is -3.43. The Bertz CT molecular complexity index is 1150. The highest BCUT2D eigenvalue weighted by atomic mass is 16.5. The third-order valence-electron chi connectivity index (χ3n) is 10.6. The van der Waals surface area contributed by atoms with E-state index in [0.717, 1.165) is 49.4 Å². The SMILES string of the molecule is C=C(NCCCCCN(O)C(=O)CCC(=O)NCCCCCN(O)C(=O)CCC(=O)NCCCCCN(O)C(C)=O)NC12CC3CC(CC(C3)C1)C2. The van der Waals surface area contributed by atoms with Crippen LogP contribution in [0.1, 0.15) is 129 Å². The summed E-state index contributed by atoms with van der Waals surface area (Å²) >= 11 is 0. The van der Waals surface area contributed by atoms with Crippen LogP contribution in [0.3, 0.4) is 0 Å². The predicted octanol–water partition coefficient (Wildman–Crippen LogP) is 3.58. The van der Waals surface area contributed by atoms with Crippen molar-refractivity contribution < 1.29 is 39.6 Å². The molecule has 0 saturated heterocycles. The summed E-state index contributed by atoms with van der Waals surface area (Å²) in [6.45, 7) is 7.66. The van der Waals surface area contributed by atoms with Crippen LogP contribution >= 0.6 is 0 Å². The van der Waals surface area contributed by atoms with Crippen molar-refractivity contribution in [2.24, 2.45) is 17.8 Å². The maximum Gasteiger partial charge on any atom is 0.246 e. The van der Waals surface area contributed by atoms with Crippen LogP contribution in [0.25, 0.3) is 0 Å². The average Bonchev–Trinajstić information content (AvgIpc) is 3.09. The summed E-state index contributed by atoms with van der Waals surface area (Å²) in [7, 11) is 0. The highest BCUT2D eigenvalue weighted by molar-refractivity contribution is 5.83. The van der Waals surface area contributed by atoms with Crippen LogP contribution in [-0.4, -0.2) is 105 Å². The lowest BCUT2D eigenvalue weighted by molar-refractivity contribution is -0.166. The van der Waals surface area contributed by atoms with Gasteiger partial charge in [-0.15, -0.1) is 0 Å². The molecule has 0 aromatic carbocycles. The first-order valence-electron chi connectivity index (χ1n) is 19.6. The van der Waals surface area contributed by atoms with E-state index in [2.05, 4.69) is 27.8 Å². The first kappa shape index (κ1) is 43.0. The van der Waals surface area contributed by atoms with Crippen molar-refractivity contribution in [3.8, 4) is 0 Å². The molecule has 7 N–H and O–H groups in total. The van der Waals surface area contributed by atoms with E-state index >= 15 is 0 Å². The van der Waals surface area contributed by atoms with Gasteiger partial charge in [0.2, 0.25) is 29.5 Å². The molecule has 5 amide bonds. The van der Waals surface area contributed by atoms with E-state index in [-0.39, 0.29) is 62.7 Å². The van der Waals surface area contributed by atoms with Gasteiger partial charge in [0, 0.05) is 77.4 Å². The second kappa shape index (κ2) is 22.6. The number of carbonyl (C=O) groups is 5. The zero-order valence-corrected chi connectivity index (χ0v) is 31.3. The average molecular weight is 736 g/mol. The highest BCUT2D eigenvalue weighted by Gasteiger charge is 2.51. The molecule has 0 heterocycles. The van der Waals surface area contributed by atoms with Gasteiger partial charge in [0.15, 0.2) is 0 Å². The third kappa shape index (κ3) is 16.1. The van der Waals surface area contributed by atoms with Gasteiger partial charge in [0.25, 0.3) is 0 Å². The van der Waals surface area contributed by atoms with Crippen LogP contribution in [0, 0.1) is 17.8 Å². The van der Waals surface area contributed by atoms with Crippen LogP contribution in [0.5, 0.6) is 0 Å². The summed E-state index contributed by atoms with van der Waals surface area (Å²) in [4.78, 5) is 59.4. The fraction of sp³-hybridized carbons (Fsp3) is 0.811. The molecule has 0 aromatic rings. The topological polar surface area (TPSA) is 204 Å². The Labute approximate surface area is 309 Å². The van der Waals surface area contributed by atoms with Gasteiger partial charge in [0.1, 0.15) is 0 Å². The molecule has 4 aliphatic rings. The molecule has 4 rings (SSSR count). The van der Waals surface area contributed by atoms with E-state index in [1.165, 1.54) is 45.4 Å². The van der Waals surface area contributed by atoms with Crippen molar-refractivity contribution in [2.45, 2.75) is 134 Å². The molecule has 0 aromatic heterocycles. The van der Waals surface area contributed by atoms with Crippen molar-refractivity contribution in [1.29, 1.82) is 0 Å². The van der Waals surface area contributed by atoms with Crippen molar-refractivity contribution in [2.75, 3.05) is 39.3 Å². The van der Waals surface area contributed by atoms with Gasteiger partial charge in [-0.05, 0) is 114 Å². The first-order valence-corrected chi connectivity index (χ1v) is 19.6. The standard InChI is InChI=1S/C37H65N7O8/c1-28(41-37-25-30-22-31(26-37)24-32(23-30)27-37)38-16-6-3-10-20-43(51)35(48)14-13-34(47)40-18-8-5-11-21-44(52)36(49)15-12-33(46)39-17-7-4-9-19-42(50)29(2)45/h30-32,38,41,50-52H,1,3-27H2,2H3,(H,39,46)(H,40,47). The number of rotatable bonds is 27. The zero-order chi connectivity index (χ0) is 37.9. The molecule has 0 spiro atoms. The number of hydrogen-bond acceptors (Lipinski definition) is 10. The van der Waals surface area contributed by atoms with E-state index in [1.807, 2.05) is 0 Å². The van der Waals surface area contributed by atoms with Crippen molar-refractivity contribution >= 4 is 29.5 Å². The number of carbonyl (C=O) groups excluding carboxylic acids is 5. The maximum atomic E-state index is 12.3. The third-order valence-corrected chi connectivity index (χ3v) is 10.6. The zero-order valence-electron chi connectivity index (χ0n) is 31.3. The van der Waals surface area contributed by atoms with Gasteiger partial charge in [-0.25, -0.2) is 15.2 Å². The molecule has 0 radical (unpaired) electrons. The summed E-state index contributed by atoms with van der Waals surface area (Å²) in [5.74, 6) is 1.53. The minimum absolute atomic E-state index is 0.0191. The summed E-state index contributed by atoms with van der Waals surface area (Å²) < 4.78 is 0. The minimum atomic E-state index is -0.545. The fourth-order valence-electron chi connectivity index (χ4n) is 8.30. The Morgan fingerprint density at radius 2 is 0.962 bits per heavy atom. The predicted molar refractivity (Wildman–Crippen MR) is 193 cm³/mol. The minimum Gasteiger partial charge on any atom is -0.372 e. The van der Waals surface area contributed by atoms with E-state index < -0.39 is 17.7 Å². The molecule has 52 heavy (non-hydrogen) atoms. The van der Waals surface area contributed by atoms with Crippen molar-refractivity contribution in [3.05, 3.63) is 12.4 Å². The van der Waals surface area contributed by atoms with E-state index in [4.69, 9.17) is 0 Å². The van der Waals surface area contributed by atoms with E-state index in [1.54, 1.807) is 0 Å². The van der Waals surface area contributed by atoms with Crippen LogP contribution < -0.4 is 21.3 Å². The first-order chi connectivity index (χ1) is 24.9. The van der Waals surface area contributed by atoms with Gasteiger partial charge in [-0.1, -0.05) is 6.58 Å². The molecular formula is C37H65N7O8. The van der Waals surface area contributed by atoms with Crippen molar-refractivity contribution in [3.63, 3.8) is 0 Å². The second-order valence-corrected chi connectivity index (χ2v) is 15.3. The van der Waals surface area contributed by atoms with Gasteiger partial charge < -0.3 is 21.3 Å². The molecular weight excluding hydrogens is 670 g/mol. The molecule has 4 saturated carbocycles. The number of hydroxylamine groups is 6. The lowest BCUT2D eigenvalue weighted by Gasteiger charge is -2.57. The van der Waals surface area contributed by atoms with Crippen LogP contribution in [0.15, 0.2) is 12.4 Å². The summed E-state index contributed by atoms with van der Waals surface area (Å²) in [5.41, 5.74) is 0.234. The molecule has 15 heteroatoms. The Kier molecular flexibility index (Phi) is 18.7. The van der Waals surface area contributed by atoms with Gasteiger partial charge in [-0.2, -0.15) is 0 Å². The molecule has 4 aliphatic carbocycles. The molecule has 296 valence electrons. The Morgan fingerprint density at radius 3 is 1.37 bits per heavy atom. The number of nitrogens with zero attached hydrogens (tertiary/aromatic N) is 3. The number of nitrogens with one attached hydrogen (secondary N) is 4. The van der Waals surface area contributed by atoms with Gasteiger partial charge >= 0.3 is 0 Å². The molecule has 4 bridgehead atoms. The molecule has 15 nitrogen and oxygen atoms in total. The summed E-state index contributed by atoms with van der Waals surface area (Å²) in [6.07, 6.45) is 14.0. The van der Waals surface area contributed by atoms with Crippen LogP contribution in [0.2, 0.25) is 0 Å². The van der Waals surface area contributed by atoms with Gasteiger partial charge in [-0.3, -0.25) is 39.6 Å². The number of hydrogen-bond donors (Lipinski definition) is 7. The molecule has 0 atom stereocenters. The highest BCUT2D eigenvalue weighted by Crippen LogP contribution is 2.55. The maximum absolute atomic E-state index is 12.3. The van der Waals surface area contributed by atoms with Crippen LogP contribution in [-0.2, 0) is 24.0 Å². The van der Waals surface area contributed by atoms with E-state index in [9.17, 15) is 39.6 Å². The number of unbranched alkanes of at least 4 members (excludes halogenated alkanes) is 6. The van der Waals surface area contributed by atoms with E-state index in [0.29, 0.717) is 66.8 Å². The lowest BCUT2D eigenvalue weighted by Crippen LogP contribution is -2.59. The van der Waals surface area contributed by atoms with Crippen molar-refractivity contribution in [1.82, 2.24) is 36.5 Å². The smallest absolute Gasteiger partial charge is 0.246 e. The quantitative estimate of drug-likeness (QED) is 0.0371. The normalized spacial score (nSPS) is 21.3. The largest absolute Gasteiger partial charge is 0.372 e. The fourth-order valence-corrected chi connectivity index (χ4v) is 8.30. The van der Waals surface area contributed by atoms with Gasteiger partial charge in [0.05, 0.1) is 5.82 Å². The molecule has 4 fully saturated rings. The summed E-state index contributed by atoms with van der Waals surface area (Å²) in [5, 5.41) is 44.0. The molecule has 0 aliphatic heterocycles. The Morgan fingerprint density at radius 1 is 0.577 bits per heavy atom. The molecule has 0 unspecified atom stereocenters. The Balaban J connectivity index is 1.09. The monoisotopic (exact) mass is 735 g/mol. The summed E-state index contributed by atoms with van der Waals surface area (Å²) in [6, 6.07) is 0. The van der Waals surface area contributed by atoms with Crippen LogP contribution in [0.4, 0.5) is 0 Å². The lowest BCUT2D eigenvalue weighted by atomic mass is 9.53. The second-order valence-electron chi connectivity index (χ2n) is 15.3. The number of amides is 5.